The van der Waals surface area contributed by atoms with E-state index in [1.54, 1.807) is 18.2 Å². The van der Waals surface area contributed by atoms with E-state index in [2.05, 4.69) is 0 Å². The van der Waals surface area contributed by atoms with E-state index >= 15 is 0 Å². The maximum absolute atomic E-state index is 9.14. The third-order valence-corrected chi connectivity index (χ3v) is 2.84. The Balaban J connectivity index is 2.31. The lowest BCUT2D eigenvalue weighted by Gasteiger charge is -2.13. The van der Waals surface area contributed by atoms with E-state index in [1.807, 2.05) is 55.4 Å². The van der Waals surface area contributed by atoms with Crippen molar-refractivity contribution in [2.75, 3.05) is 19.0 Å². The molecule has 2 aromatic carbocycles. The van der Waals surface area contributed by atoms with Gasteiger partial charge in [-0.1, -0.05) is 6.07 Å². The normalized spacial score (nSPS) is 9.40. The van der Waals surface area contributed by atoms with Crippen LogP contribution in [0.1, 0.15) is 11.1 Å². The first-order valence-corrected chi connectivity index (χ1v) is 6.04. The zero-order valence-corrected chi connectivity index (χ0v) is 11.3. The highest BCUT2D eigenvalue weighted by molar-refractivity contribution is 5.55. The second-order valence-electron chi connectivity index (χ2n) is 4.39. The molecule has 0 amide bonds. The molecular formula is C16H13N3O. The van der Waals surface area contributed by atoms with Crippen molar-refractivity contribution in [2.24, 2.45) is 0 Å². The van der Waals surface area contributed by atoms with Crippen molar-refractivity contribution in [3.8, 4) is 23.6 Å². The predicted molar refractivity (Wildman–Crippen MR) is 76.7 cm³/mol. The van der Waals surface area contributed by atoms with E-state index < -0.39 is 0 Å². The first-order valence-electron chi connectivity index (χ1n) is 6.04. The van der Waals surface area contributed by atoms with Crippen LogP contribution in [-0.4, -0.2) is 14.1 Å². The van der Waals surface area contributed by atoms with Gasteiger partial charge < -0.3 is 9.64 Å². The Hall–Kier alpha value is -2.98. The van der Waals surface area contributed by atoms with E-state index in [-0.39, 0.29) is 5.56 Å². The van der Waals surface area contributed by atoms with E-state index in [4.69, 9.17) is 15.3 Å². The molecule has 0 saturated heterocycles. The van der Waals surface area contributed by atoms with Crippen LogP contribution in [0.5, 0.6) is 11.5 Å². The van der Waals surface area contributed by atoms with Gasteiger partial charge in [0.05, 0.1) is 5.56 Å². The van der Waals surface area contributed by atoms with Crippen molar-refractivity contribution in [3.05, 3.63) is 53.6 Å². The number of nitrogens with zero attached hydrogens (tertiary/aromatic N) is 3. The summed E-state index contributed by atoms with van der Waals surface area (Å²) >= 11 is 0. The van der Waals surface area contributed by atoms with Crippen LogP contribution in [0.3, 0.4) is 0 Å². The monoisotopic (exact) mass is 263 g/mol. The standard InChI is InChI=1S/C16H13N3O/c1-19(2)13-6-8-14(9-7-13)20-16-5-3-4-12(10-17)15(16)11-18/h3-9H,1-2H3. The highest BCUT2D eigenvalue weighted by Crippen LogP contribution is 2.28. The van der Waals surface area contributed by atoms with Crippen LogP contribution in [-0.2, 0) is 0 Å². The number of ether oxygens (including phenoxy) is 1. The molecule has 2 rings (SSSR count). The lowest BCUT2D eigenvalue weighted by molar-refractivity contribution is 0.481. The minimum absolute atomic E-state index is 0.256. The molecule has 4 nitrogen and oxygen atoms in total. The summed E-state index contributed by atoms with van der Waals surface area (Å²) in [5.41, 5.74) is 1.63. The van der Waals surface area contributed by atoms with Gasteiger partial charge in [0.25, 0.3) is 0 Å². The SMILES string of the molecule is CN(C)c1ccc(Oc2cccc(C#N)c2C#N)cc1. The fraction of sp³-hybridized carbons (Fsp3) is 0.125. The average molecular weight is 263 g/mol. The fourth-order valence-corrected chi connectivity index (χ4v) is 1.76. The molecule has 0 radical (unpaired) electrons. The number of nitriles is 2. The van der Waals surface area contributed by atoms with Crippen LogP contribution in [0.25, 0.3) is 0 Å². The Morgan fingerprint density at radius 2 is 1.65 bits per heavy atom. The highest BCUT2D eigenvalue weighted by atomic mass is 16.5. The molecule has 20 heavy (non-hydrogen) atoms. The number of rotatable bonds is 3. The number of hydrogen-bond donors (Lipinski definition) is 0. The minimum atomic E-state index is 0.256. The second kappa shape index (κ2) is 5.77. The minimum Gasteiger partial charge on any atom is -0.456 e. The van der Waals surface area contributed by atoms with Gasteiger partial charge in [0.15, 0.2) is 0 Å². The largest absolute Gasteiger partial charge is 0.456 e. The van der Waals surface area contributed by atoms with Crippen molar-refractivity contribution in [3.63, 3.8) is 0 Å². The molecule has 0 atom stereocenters. The molecule has 0 fully saturated rings. The van der Waals surface area contributed by atoms with Gasteiger partial charge in [-0.2, -0.15) is 10.5 Å². The van der Waals surface area contributed by atoms with Crippen molar-refractivity contribution >= 4 is 5.69 Å². The van der Waals surface area contributed by atoms with Gasteiger partial charge in [-0.05, 0) is 36.4 Å². The van der Waals surface area contributed by atoms with Crippen LogP contribution >= 0.6 is 0 Å². The lowest BCUT2D eigenvalue weighted by atomic mass is 10.1. The summed E-state index contributed by atoms with van der Waals surface area (Å²) < 4.78 is 5.69. The first kappa shape index (κ1) is 13.5. The molecule has 98 valence electrons. The molecule has 0 aliphatic heterocycles. The molecule has 0 aromatic heterocycles. The van der Waals surface area contributed by atoms with Gasteiger partial charge in [-0.15, -0.1) is 0 Å². The molecule has 0 aliphatic rings. The number of hydrogen-bond acceptors (Lipinski definition) is 4. The third-order valence-electron chi connectivity index (χ3n) is 2.84. The molecule has 0 heterocycles. The van der Waals surface area contributed by atoms with Gasteiger partial charge in [-0.3, -0.25) is 0 Å². The molecular weight excluding hydrogens is 250 g/mol. The molecule has 0 unspecified atom stereocenters. The Bertz CT molecular complexity index is 691. The smallest absolute Gasteiger partial charge is 0.146 e. The van der Waals surface area contributed by atoms with Crippen LogP contribution in [0, 0.1) is 22.7 Å². The molecule has 0 spiro atoms. The van der Waals surface area contributed by atoms with E-state index in [0.717, 1.165) is 5.69 Å². The molecule has 0 saturated carbocycles. The van der Waals surface area contributed by atoms with Crippen molar-refractivity contribution < 1.29 is 4.74 Å². The molecule has 0 aliphatic carbocycles. The van der Waals surface area contributed by atoms with Crippen molar-refractivity contribution in [2.45, 2.75) is 0 Å². The van der Waals surface area contributed by atoms with Gasteiger partial charge >= 0.3 is 0 Å². The lowest BCUT2D eigenvalue weighted by Crippen LogP contribution is -2.07. The van der Waals surface area contributed by atoms with Crippen LogP contribution in [0.2, 0.25) is 0 Å². The Morgan fingerprint density at radius 1 is 0.950 bits per heavy atom. The molecule has 2 aromatic rings. The zero-order chi connectivity index (χ0) is 14.5. The summed E-state index contributed by atoms with van der Waals surface area (Å²) in [7, 11) is 3.92. The van der Waals surface area contributed by atoms with Gasteiger partial charge in [0, 0.05) is 19.8 Å². The molecule has 0 bridgehead atoms. The summed E-state index contributed by atoms with van der Waals surface area (Å²) in [6, 6.07) is 16.5. The summed E-state index contributed by atoms with van der Waals surface area (Å²) in [5.74, 6) is 1.02. The van der Waals surface area contributed by atoms with Crippen LogP contribution < -0.4 is 9.64 Å². The second-order valence-corrected chi connectivity index (χ2v) is 4.39. The Labute approximate surface area is 118 Å². The van der Waals surface area contributed by atoms with Crippen LogP contribution in [0.4, 0.5) is 5.69 Å². The number of anilines is 1. The quantitative estimate of drug-likeness (QED) is 0.852. The predicted octanol–water partition coefficient (Wildman–Crippen LogP) is 3.29. The van der Waals surface area contributed by atoms with Gasteiger partial charge in [0.2, 0.25) is 0 Å². The summed E-state index contributed by atoms with van der Waals surface area (Å²) in [6.07, 6.45) is 0. The summed E-state index contributed by atoms with van der Waals surface area (Å²) in [4.78, 5) is 1.99. The Kier molecular flexibility index (Phi) is 3.88. The topological polar surface area (TPSA) is 60.0 Å². The van der Waals surface area contributed by atoms with Gasteiger partial charge in [-0.25, -0.2) is 0 Å². The maximum Gasteiger partial charge on any atom is 0.146 e. The van der Waals surface area contributed by atoms with E-state index in [9.17, 15) is 0 Å². The zero-order valence-electron chi connectivity index (χ0n) is 11.3. The first-order chi connectivity index (χ1) is 9.65. The van der Waals surface area contributed by atoms with Crippen molar-refractivity contribution in [1.29, 1.82) is 10.5 Å². The fourth-order valence-electron chi connectivity index (χ4n) is 1.76. The van der Waals surface area contributed by atoms with E-state index in [0.29, 0.717) is 17.1 Å². The molecule has 4 heteroatoms. The summed E-state index contributed by atoms with van der Waals surface area (Å²) in [6.45, 7) is 0. The van der Waals surface area contributed by atoms with Crippen LogP contribution in [0.15, 0.2) is 42.5 Å². The summed E-state index contributed by atoms with van der Waals surface area (Å²) in [5, 5.41) is 18.1. The maximum atomic E-state index is 9.14. The highest BCUT2D eigenvalue weighted by Gasteiger charge is 2.09. The van der Waals surface area contributed by atoms with Crippen molar-refractivity contribution in [1.82, 2.24) is 0 Å². The van der Waals surface area contributed by atoms with E-state index in [1.165, 1.54) is 0 Å². The molecule has 0 N–H and O–H groups in total. The Morgan fingerprint density at radius 3 is 2.20 bits per heavy atom. The van der Waals surface area contributed by atoms with Gasteiger partial charge in [0.1, 0.15) is 29.2 Å². The average Bonchev–Trinajstić information content (AvgIpc) is 2.47. The number of benzene rings is 2. The third kappa shape index (κ3) is 2.71.